The molecule has 1 aliphatic rings. The number of hydrogen-bond acceptors (Lipinski definition) is 6. The Morgan fingerprint density at radius 1 is 0.941 bits per heavy atom. The molecule has 6 nitrogen and oxygen atoms in total. The van der Waals surface area contributed by atoms with Crippen LogP contribution in [0.15, 0.2) is 77.4 Å². The van der Waals surface area contributed by atoms with Crippen LogP contribution in [0.1, 0.15) is 23.6 Å². The summed E-state index contributed by atoms with van der Waals surface area (Å²) in [5, 5.41) is 0.702. The van der Waals surface area contributed by atoms with Gasteiger partial charge in [-0.15, -0.1) is 0 Å². The van der Waals surface area contributed by atoms with E-state index in [1.807, 2.05) is 62.4 Å². The molecule has 7 heteroatoms. The van der Waals surface area contributed by atoms with Crippen molar-refractivity contribution in [2.75, 3.05) is 19.8 Å². The van der Waals surface area contributed by atoms with Crippen molar-refractivity contribution in [1.82, 2.24) is 0 Å². The first kappa shape index (κ1) is 23.4. The zero-order chi connectivity index (χ0) is 23.9. The third kappa shape index (κ3) is 5.77. The van der Waals surface area contributed by atoms with E-state index >= 15 is 0 Å². The summed E-state index contributed by atoms with van der Waals surface area (Å²) in [6.07, 6.45) is 1.66. The molecule has 0 spiro atoms. The van der Waals surface area contributed by atoms with E-state index in [2.05, 4.69) is 4.99 Å². The molecule has 0 radical (unpaired) electrons. The van der Waals surface area contributed by atoms with Crippen molar-refractivity contribution in [1.29, 1.82) is 0 Å². The summed E-state index contributed by atoms with van der Waals surface area (Å²) >= 11 is 6.05. The number of rotatable bonds is 9. The van der Waals surface area contributed by atoms with Crippen LogP contribution in [0.4, 0.5) is 0 Å². The molecule has 0 unspecified atom stereocenters. The van der Waals surface area contributed by atoms with Gasteiger partial charge in [-0.05, 0) is 73.5 Å². The summed E-state index contributed by atoms with van der Waals surface area (Å²) < 4.78 is 22.7. The SMILES string of the molecule is CCOc1cc(C=C2N=C(c3ccccc3)OC2=O)ccc1OCCOc1ccc(Cl)c(C)c1. The lowest BCUT2D eigenvalue weighted by atomic mass is 10.1. The van der Waals surface area contributed by atoms with Gasteiger partial charge >= 0.3 is 5.97 Å². The standard InChI is InChI=1S/C27H24ClNO5/c1-3-31-25-17-19(16-23-27(30)34-26(29-23)20-7-5-4-6-8-20)9-12-24(25)33-14-13-32-21-10-11-22(28)18(2)15-21/h4-12,15-17H,3,13-14H2,1-2H3. The highest BCUT2D eigenvalue weighted by Crippen LogP contribution is 2.30. The first-order chi connectivity index (χ1) is 16.5. The van der Waals surface area contributed by atoms with Crippen molar-refractivity contribution in [2.45, 2.75) is 13.8 Å². The molecule has 1 aliphatic heterocycles. The number of halogens is 1. The number of ether oxygens (including phenoxy) is 4. The number of carbonyl (C=O) groups is 1. The van der Waals surface area contributed by atoms with E-state index in [0.29, 0.717) is 36.3 Å². The van der Waals surface area contributed by atoms with Gasteiger partial charge in [0.25, 0.3) is 0 Å². The average Bonchev–Trinajstić information content (AvgIpc) is 3.21. The zero-order valence-corrected chi connectivity index (χ0v) is 19.7. The number of aryl methyl sites for hydroxylation is 1. The minimum atomic E-state index is -0.494. The minimum Gasteiger partial charge on any atom is -0.490 e. The van der Waals surface area contributed by atoms with E-state index in [-0.39, 0.29) is 11.6 Å². The second kappa shape index (κ2) is 10.9. The molecule has 0 bridgehead atoms. The molecule has 174 valence electrons. The maximum absolute atomic E-state index is 12.3. The molecule has 0 fully saturated rings. The summed E-state index contributed by atoms with van der Waals surface area (Å²) in [5.74, 6) is 1.68. The molecule has 3 aromatic carbocycles. The van der Waals surface area contributed by atoms with Crippen molar-refractivity contribution in [2.24, 2.45) is 4.99 Å². The molecule has 4 rings (SSSR count). The molecule has 0 saturated heterocycles. The van der Waals surface area contributed by atoms with E-state index in [1.165, 1.54) is 0 Å². The molecular formula is C27H24ClNO5. The predicted octanol–water partition coefficient (Wildman–Crippen LogP) is 5.85. The molecule has 0 amide bonds. The first-order valence-electron chi connectivity index (χ1n) is 10.9. The summed E-state index contributed by atoms with van der Waals surface area (Å²) in [7, 11) is 0. The second-order valence-corrected chi connectivity index (χ2v) is 7.86. The van der Waals surface area contributed by atoms with Crippen LogP contribution < -0.4 is 14.2 Å². The molecule has 0 N–H and O–H groups in total. The Hall–Kier alpha value is -3.77. The van der Waals surface area contributed by atoms with Crippen LogP contribution in [0.2, 0.25) is 5.02 Å². The van der Waals surface area contributed by atoms with Gasteiger partial charge < -0.3 is 18.9 Å². The molecule has 34 heavy (non-hydrogen) atoms. The smallest absolute Gasteiger partial charge is 0.363 e. The number of cyclic esters (lactones) is 1. The van der Waals surface area contributed by atoms with E-state index in [0.717, 1.165) is 22.4 Å². The topological polar surface area (TPSA) is 66.4 Å². The van der Waals surface area contributed by atoms with E-state index < -0.39 is 5.97 Å². The summed E-state index contributed by atoms with van der Waals surface area (Å²) in [4.78, 5) is 16.6. The Morgan fingerprint density at radius 2 is 1.74 bits per heavy atom. The van der Waals surface area contributed by atoms with Gasteiger partial charge in [0.15, 0.2) is 17.2 Å². The second-order valence-electron chi connectivity index (χ2n) is 7.45. The van der Waals surface area contributed by atoms with Crippen molar-refractivity contribution in [3.05, 3.63) is 94.1 Å². The fourth-order valence-electron chi connectivity index (χ4n) is 3.29. The fraction of sp³-hybridized carbons (Fsp3) is 0.185. The Kier molecular flexibility index (Phi) is 7.50. The normalized spacial score (nSPS) is 14.0. The lowest BCUT2D eigenvalue weighted by Crippen LogP contribution is -2.10. The maximum atomic E-state index is 12.3. The molecule has 0 atom stereocenters. The van der Waals surface area contributed by atoms with Crippen LogP contribution in [0, 0.1) is 6.92 Å². The van der Waals surface area contributed by atoms with E-state index in [9.17, 15) is 4.79 Å². The molecular weight excluding hydrogens is 454 g/mol. The van der Waals surface area contributed by atoms with E-state index in [4.69, 9.17) is 30.5 Å². The molecule has 0 saturated carbocycles. The van der Waals surface area contributed by atoms with Crippen molar-refractivity contribution in [3.63, 3.8) is 0 Å². The third-order valence-electron chi connectivity index (χ3n) is 4.95. The van der Waals surface area contributed by atoms with Gasteiger partial charge in [0.2, 0.25) is 5.90 Å². The minimum absolute atomic E-state index is 0.224. The van der Waals surface area contributed by atoms with Gasteiger partial charge in [-0.25, -0.2) is 9.79 Å². The number of hydrogen-bond donors (Lipinski definition) is 0. The Bertz CT molecular complexity index is 1240. The number of esters is 1. The molecule has 0 aliphatic carbocycles. The molecule has 3 aromatic rings. The third-order valence-corrected chi connectivity index (χ3v) is 5.38. The summed E-state index contributed by atoms with van der Waals surface area (Å²) in [6.45, 7) is 4.98. The van der Waals surface area contributed by atoms with Crippen molar-refractivity contribution < 1.29 is 23.7 Å². The van der Waals surface area contributed by atoms with Gasteiger partial charge in [0, 0.05) is 10.6 Å². The Labute approximate surface area is 203 Å². The van der Waals surface area contributed by atoms with Crippen LogP contribution in [0.5, 0.6) is 17.2 Å². The van der Waals surface area contributed by atoms with Gasteiger partial charge in [0.05, 0.1) is 6.61 Å². The first-order valence-corrected chi connectivity index (χ1v) is 11.3. The highest BCUT2D eigenvalue weighted by molar-refractivity contribution is 6.31. The quantitative estimate of drug-likeness (QED) is 0.220. The summed E-state index contributed by atoms with van der Waals surface area (Å²) in [5.41, 5.74) is 2.67. The lowest BCUT2D eigenvalue weighted by Gasteiger charge is -2.13. The highest BCUT2D eigenvalue weighted by Gasteiger charge is 2.24. The van der Waals surface area contributed by atoms with Crippen LogP contribution in [-0.2, 0) is 9.53 Å². The largest absolute Gasteiger partial charge is 0.490 e. The van der Waals surface area contributed by atoms with Gasteiger partial charge in [-0.2, -0.15) is 0 Å². The Balaban J connectivity index is 1.43. The average molecular weight is 478 g/mol. The van der Waals surface area contributed by atoms with Crippen LogP contribution in [0.25, 0.3) is 6.08 Å². The maximum Gasteiger partial charge on any atom is 0.363 e. The number of aliphatic imine (C=N–C) groups is 1. The van der Waals surface area contributed by atoms with Gasteiger partial charge in [-0.1, -0.05) is 35.9 Å². The van der Waals surface area contributed by atoms with Crippen LogP contribution >= 0.6 is 11.6 Å². The number of benzene rings is 3. The summed E-state index contributed by atoms with van der Waals surface area (Å²) in [6, 6.07) is 20.2. The predicted molar refractivity (Wildman–Crippen MR) is 132 cm³/mol. The van der Waals surface area contributed by atoms with Gasteiger partial charge in [0.1, 0.15) is 19.0 Å². The van der Waals surface area contributed by atoms with Crippen molar-refractivity contribution >= 4 is 29.5 Å². The fourth-order valence-corrected chi connectivity index (χ4v) is 3.41. The Morgan fingerprint density at radius 3 is 2.50 bits per heavy atom. The zero-order valence-electron chi connectivity index (χ0n) is 18.9. The van der Waals surface area contributed by atoms with Crippen molar-refractivity contribution in [3.8, 4) is 17.2 Å². The number of carbonyl (C=O) groups excluding carboxylic acids is 1. The van der Waals surface area contributed by atoms with Crippen LogP contribution in [-0.4, -0.2) is 31.7 Å². The monoisotopic (exact) mass is 477 g/mol. The highest BCUT2D eigenvalue weighted by atomic mass is 35.5. The van der Waals surface area contributed by atoms with Gasteiger partial charge in [-0.3, -0.25) is 0 Å². The molecule has 1 heterocycles. The molecule has 0 aromatic heterocycles. The lowest BCUT2D eigenvalue weighted by molar-refractivity contribution is -0.129. The van der Waals surface area contributed by atoms with E-state index in [1.54, 1.807) is 24.3 Å². The van der Waals surface area contributed by atoms with Crippen LogP contribution in [0.3, 0.4) is 0 Å². The number of nitrogens with zero attached hydrogens (tertiary/aromatic N) is 1.